The highest BCUT2D eigenvalue weighted by molar-refractivity contribution is 6.47. The van der Waals surface area contributed by atoms with Gasteiger partial charge < -0.3 is 0 Å². The summed E-state index contributed by atoms with van der Waals surface area (Å²) in [6, 6.07) is 38.9. The minimum atomic E-state index is 0.793. The Kier molecular flexibility index (Phi) is 4.15. The van der Waals surface area contributed by atoms with Gasteiger partial charge in [-0.1, -0.05) is 120 Å². The van der Waals surface area contributed by atoms with Crippen molar-refractivity contribution in [1.29, 1.82) is 0 Å². The largest absolute Gasteiger partial charge is 0.0830 e. The fourth-order valence-electron chi connectivity index (χ4n) is 6.04. The fourth-order valence-corrected chi connectivity index (χ4v) is 6.79. The van der Waals surface area contributed by atoms with Gasteiger partial charge in [-0.25, -0.2) is 0 Å². The lowest BCUT2D eigenvalue weighted by atomic mass is 9.91. The second kappa shape index (κ2) is 7.34. The second-order valence-electron chi connectivity index (χ2n) is 9.57. The van der Waals surface area contributed by atoms with Crippen molar-refractivity contribution in [3.8, 4) is 0 Å². The number of halogens is 2. The summed E-state index contributed by atoms with van der Waals surface area (Å²) in [6.45, 7) is 0. The Bertz CT molecular complexity index is 2060. The highest BCUT2D eigenvalue weighted by Gasteiger charge is 2.15. The molecule has 2 heteroatoms. The quantitative estimate of drug-likeness (QED) is 0.144. The van der Waals surface area contributed by atoms with Gasteiger partial charge in [0.1, 0.15) is 0 Å². The van der Waals surface area contributed by atoms with Gasteiger partial charge in [0.15, 0.2) is 0 Å². The summed E-state index contributed by atoms with van der Waals surface area (Å²) < 4.78 is 0. The molecule has 0 fully saturated rings. The van der Waals surface area contributed by atoms with E-state index in [4.69, 9.17) is 23.2 Å². The van der Waals surface area contributed by atoms with Crippen molar-refractivity contribution < 1.29 is 0 Å². The summed E-state index contributed by atoms with van der Waals surface area (Å²) in [4.78, 5) is 0. The van der Waals surface area contributed by atoms with E-state index in [2.05, 4.69) is 109 Å². The molecule has 0 aliphatic carbocycles. The van der Waals surface area contributed by atoms with Crippen LogP contribution in [0.3, 0.4) is 0 Å². The van der Waals surface area contributed by atoms with Crippen LogP contribution in [0.5, 0.6) is 0 Å². The lowest BCUT2D eigenvalue weighted by molar-refractivity contribution is 1.78. The van der Waals surface area contributed by atoms with E-state index in [0.29, 0.717) is 0 Å². The molecular weight excluding hydrogens is 479 g/mol. The van der Waals surface area contributed by atoms with Gasteiger partial charge in [0, 0.05) is 21.5 Å². The Morgan fingerprint density at radius 3 is 1.17 bits per heavy atom. The third kappa shape index (κ3) is 2.66. The Labute approximate surface area is 217 Å². The van der Waals surface area contributed by atoms with E-state index < -0.39 is 0 Å². The summed E-state index contributed by atoms with van der Waals surface area (Å²) in [5.41, 5.74) is 0. The van der Waals surface area contributed by atoms with Crippen LogP contribution in [0.1, 0.15) is 0 Å². The average Bonchev–Trinajstić information content (AvgIpc) is 2.92. The first kappa shape index (κ1) is 20.4. The molecule has 0 heterocycles. The molecule has 0 spiro atoms. The van der Waals surface area contributed by atoms with Crippen LogP contribution >= 0.6 is 23.2 Å². The maximum atomic E-state index is 7.17. The molecule has 0 bridgehead atoms. The Hall–Kier alpha value is -3.84. The number of rotatable bonds is 0. The molecule has 0 atom stereocenters. The van der Waals surface area contributed by atoms with E-state index in [-0.39, 0.29) is 0 Å². The molecule has 0 N–H and O–H groups in total. The smallest absolute Gasteiger partial charge is 0.0569 e. The molecule has 0 radical (unpaired) electrons. The van der Waals surface area contributed by atoms with Crippen molar-refractivity contribution in [3.05, 3.63) is 119 Å². The normalized spacial score (nSPS) is 12.2. The maximum absolute atomic E-state index is 7.17. The van der Waals surface area contributed by atoms with Crippen LogP contribution < -0.4 is 0 Å². The van der Waals surface area contributed by atoms with Crippen LogP contribution in [0.2, 0.25) is 10.0 Å². The third-order valence-corrected chi connectivity index (χ3v) is 8.50. The monoisotopic (exact) mass is 496 g/mol. The number of fused-ring (bicyclic) bond motifs is 11. The molecule has 0 unspecified atom stereocenters. The van der Waals surface area contributed by atoms with E-state index >= 15 is 0 Å². The van der Waals surface area contributed by atoms with Crippen LogP contribution in [-0.2, 0) is 0 Å². The maximum Gasteiger partial charge on any atom is 0.0569 e. The first-order valence-corrected chi connectivity index (χ1v) is 12.8. The minimum absolute atomic E-state index is 0.793. The van der Waals surface area contributed by atoms with Crippen LogP contribution in [0, 0.1) is 0 Å². The molecule has 0 amide bonds. The van der Waals surface area contributed by atoms with Gasteiger partial charge in [-0.15, -0.1) is 0 Å². The van der Waals surface area contributed by atoms with Gasteiger partial charge in [-0.2, -0.15) is 0 Å². The van der Waals surface area contributed by atoms with Crippen LogP contribution in [0.15, 0.2) is 109 Å². The second-order valence-corrected chi connectivity index (χ2v) is 10.3. The fraction of sp³-hybridized carbons (Fsp3) is 0. The number of hydrogen-bond donors (Lipinski definition) is 0. The standard InChI is InChI=1S/C34H18Cl2/c35-33-27-15-9-19-5-1-3-7-23(19)29(27)17-21-11-13-26-25(31(21)33)14-12-22-18-30-24-8-4-2-6-20(24)10-16-28(30)34(36)32(22)26/h1-18H. The molecule has 168 valence electrons. The molecule has 8 aromatic carbocycles. The Morgan fingerprint density at radius 1 is 0.306 bits per heavy atom. The van der Waals surface area contributed by atoms with Crippen molar-refractivity contribution in [2.24, 2.45) is 0 Å². The molecule has 8 aromatic rings. The lowest BCUT2D eigenvalue weighted by Crippen LogP contribution is -1.87. The molecule has 0 aliphatic rings. The number of hydrogen-bond acceptors (Lipinski definition) is 0. The molecule has 0 aliphatic heterocycles. The van der Waals surface area contributed by atoms with Gasteiger partial charge >= 0.3 is 0 Å². The van der Waals surface area contributed by atoms with E-state index in [1.54, 1.807) is 0 Å². The van der Waals surface area contributed by atoms with Crippen molar-refractivity contribution in [2.45, 2.75) is 0 Å². The Morgan fingerprint density at radius 2 is 0.694 bits per heavy atom. The van der Waals surface area contributed by atoms with Crippen molar-refractivity contribution in [3.63, 3.8) is 0 Å². The lowest BCUT2D eigenvalue weighted by Gasteiger charge is -2.15. The summed E-state index contributed by atoms with van der Waals surface area (Å²) in [7, 11) is 0. The summed E-state index contributed by atoms with van der Waals surface area (Å²) in [5.74, 6) is 0. The first-order valence-electron chi connectivity index (χ1n) is 12.1. The third-order valence-electron chi connectivity index (χ3n) is 7.72. The van der Waals surface area contributed by atoms with Crippen molar-refractivity contribution in [2.75, 3.05) is 0 Å². The Balaban J connectivity index is 1.53. The van der Waals surface area contributed by atoms with Gasteiger partial charge in [0.25, 0.3) is 0 Å². The van der Waals surface area contributed by atoms with E-state index in [9.17, 15) is 0 Å². The minimum Gasteiger partial charge on any atom is -0.0830 e. The van der Waals surface area contributed by atoms with Gasteiger partial charge in [-0.3, -0.25) is 0 Å². The van der Waals surface area contributed by atoms with Gasteiger partial charge in [-0.05, 0) is 66.0 Å². The predicted molar refractivity (Wildman–Crippen MR) is 159 cm³/mol. The van der Waals surface area contributed by atoms with E-state index in [1.165, 1.54) is 32.3 Å². The van der Waals surface area contributed by atoms with Crippen molar-refractivity contribution >= 4 is 98.6 Å². The zero-order chi connectivity index (χ0) is 24.0. The van der Waals surface area contributed by atoms with Crippen LogP contribution in [0.4, 0.5) is 0 Å². The van der Waals surface area contributed by atoms with Crippen LogP contribution in [-0.4, -0.2) is 0 Å². The molecule has 36 heavy (non-hydrogen) atoms. The molecule has 8 rings (SSSR count). The number of benzene rings is 8. The van der Waals surface area contributed by atoms with Crippen LogP contribution in [0.25, 0.3) is 75.4 Å². The summed E-state index contributed by atoms with van der Waals surface area (Å²) in [5, 5.41) is 17.7. The van der Waals surface area contributed by atoms with Gasteiger partial charge in [0.05, 0.1) is 10.0 Å². The first-order chi connectivity index (χ1) is 17.7. The summed E-state index contributed by atoms with van der Waals surface area (Å²) >= 11 is 14.3. The predicted octanol–water partition coefficient (Wildman–Crippen LogP) is 11.1. The van der Waals surface area contributed by atoms with Gasteiger partial charge in [0.2, 0.25) is 0 Å². The van der Waals surface area contributed by atoms with Crippen molar-refractivity contribution in [1.82, 2.24) is 0 Å². The van der Waals surface area contributed by atoms with E-state index in [0.717, 1.165) is 53.1 Å². The molecular formula is C34H18Cl2. The van der Waals surface area contributed by atoms with E-state index in [1.807, 2.05) is 0 Å². The highest BCUT2D eigenvalue weighted by atomic mass is 35.5. The molecule has 0 nitrogen and oxygen atoms in total. The molecule has 0 aromatic heterocycles. The highest BCUT2D eigenvalue weighted by Crippen LogP contribution is 2.44. The topological polar surface area (TPSA) is 0 Å². The SMILES string of the molecule is Clc1c2ccc3ccccc3c2cc2ccc3c(ccc4cc5c(ccc6ccccc65)c(Cl)c43)c12. The molecule has 0 saturated heterocycles. The summed E-state index contributed by atoms with van der Waals surface area (Å²) in [6.07, 6.45) is 0. The molecule has 0 saturated carbocycles. The average molecular weight is 497 g/mol. The zero-order valence-corrected chi connectivity index (χ0v) is 20.7. The zero-order valence-electron chi connectivity index (χ0n) is 19.1.